The molecule has 0 spiro atoms. The number of hydrogen-bond donors (Lipinski definition) is 1. The fraction of sp³-hybridized carbons (Fsp3) is 0.750. The van der Waals surface area contributed by atoms with Crippen molar-refractivity contribution in [2.24, 2.45) is 0 Å². The Hall–Kier alpha value is -1.59. The number of nitrogens with zero attached hydrogens (tertiary/aromatic N) is 2. The first-order valence-corrected chi connectivity index (χ1v) is 6.49. The maximum absolute atomic E-state index is 12.3. The lowest BCUT2D eigenvalue weighted by Crippen LogP contribution is -2.61. The van der Waals surface area contributed by atoms with E-state index in [-0.39, 0.29) is 12.6 Å². The van der Waals surface area contributed by atoms with Crippen LogP contribution in [-0.4, -0.2) is 53.3 Å². The van der Waals surface area contributed by atoms with Crippen LogP contribution in [0, 0.1) is 0 Å². The molecule has 2 saturated heterocycles. The zero-order valence-electron chi connectivity index (χ0n) is 10.6. The van der Waals surface area contributed by atoms with E-state index in [0.29, 0.717) is 0 Å². The first-order chi connectivity index (χ1) is 8.59. The van der Waals surface area contributed by atoms with Crippen LogP contribution >= 0.6 is 0 Å². The van der Waals surface area contributed by atoms with Crippen molar-refractivity contribution in [1.82, 2.24) is 15.1 Å². The Morgan fingerprint density at radius 3 is 2.39 bits per heavy atom. The van der Waals surface area contributed by atoms with Crippen LogP contribution in [0.5, 0.6) is 0 Å². The third kappa shape index (κ3) is 2.63. The van der Waals surface area contributed by atoms with Gasteiger partial charge in [0, 0.05) is 13.1 Å². The molecule has 1 N–H and O–H groups in total. The molecular formula is C12H19N3O3. The van der Waals surface area contributed by atoms with E-state index in [1.165, 1.54) is 4.90 Å². The summed E-state index contributed by atoms with van der Waals surface area (Å²) in [5, 5.41) is 2.24. The van der Waals surface area contributed by atoms with Gasteiger partial charge in [0.15, 0.2) is 0 Å². The summed E-state index contributed by atoms with van der Waals surface area (Å²) in [6.45, 7) is 3.06. The van der Waals surface area contributed by atoms with Crippen LogP contribution < -0.4 is 5.32 Å². The van der Waals surface area contributed by atoms with Gasteiger partial charge in [-0.3, -0.25) is 14.9 Å². The zero-order valence-corrected chi connectivity index (χ0v) is 10.6. The van der Waals surface area contributed by atoms with Crippen molar-refractivity contribution in [3.8, 4) is 0 Å². The second-order valence-corrected chi connectivity index (χ2v) is 4.90. The fourth-order valence-corrected chi connectivity index (χ4v) is 2.39. The van der Waals surface area contributed by atoms with Gasteiger partial charge in [0.25, 0.3) is 0 Å². The third-order valence-electron chi connectivity index (χ3n) is 3.55. The normalized spacial score (nSPS) is 25.7. The summed E-state index contributed by atoms with van der Waals surface area (Å²) in [7, 11) is 0. The lowest BCUT2D eigenvalue weighted by atomic mass is 10.2. The van der Waals surface area contributed by atoms with Gasteiger partial charge in [0.1, 0.15) is 12.6 Å². The van der Waals surface area contributed by atoms with Gasteiger partial charge >= 0.3 is 6.03 Å². The van der Waals surface area contributed by atoms with Crippen LogP contribution in [0.3, 0.4) is 0 Å². The number of carbonyl (C=O) groups excluding carboxylic acids is 3. The van der Waals surface area contributed by atoms with Crippen LogP contribution in [0.1, 0.15) is 32.6 Å². The average molecular weight is 253 g/mol. The van der Waals surface area contributed by atoms with Crippen molar-refractivity contribution >= 4 is 17.8 Å². The Kier molecular flexibility index (Phi) is 3.84. The average Bonchev–Trinajstić information content (AvgIpc) is 2.61. The maximum atomic E-state index is 12.3. The number of imide groups is 1. The molecule has 2 aliphatic rings. The molecule has 2 aliphatic heterocycles. The van der Waals surface area contributed by atoms with Crippen LogP contribution in [-0.2, 0) is 9.59 Å². The molecule has 0 aromatic heterocycles. The second-order valence-electron chi connectivity index (χ2n) is 4.90. The molecule has 0 aromatic carbocycles. The highest BCUT2D eigenvalue weighted by molar-refractivity contribution is 6.03. The van der Waals surface area contributed by atoms with Crippen LogP contribution in [0.4, 0.5) is 4.79 Å². The van der Waals surface area contributed by atoms with Crippen molar-refractivity contribution in [3.05, 3.63) is 0 Å². The predicted molar refractivity (Wildman–Crippen MR) is 64.8 cm³/mol. The van der Waals surface area contributed by atoms with Gasteiger partial charge in [-0.15, -0.1) is 0 Å². The monoisotopic (exact) mass is 253 g/mol. The molecule has 0 aliphatic carbocycles. The summed E-state index contributed by atoms with van der Waals surface area (Å²) in [5.74, 6) is -0.796. The molecule has 0 saturated carbocycles. The van der Waals surface area contributed by atoms with Crippen molar-refractivity contribution in [2.75, 3.05) is 19.6 Å². The third-order valence-corrected chi connectivity index (χ3v) is 3.55. The van der Waals surface area contributed by atoms with Gasteiger partial charge in [-0.25, -0.2) is 4.79 Å². The Bertz CT molecular complexity index is 362. The minimum atomic E-state index is -0.571. The van der Waals surface area contributed by atoms with Crippen LogP contribution in [0.2, 0.25) is 0 Å². The first kappa shape index (κ1) is 12.9. The molecule has 1 unspecified atom stereocenters. The van der Waals surface area contributed by atoms with E-state index in [9.17, 15) is 14.4 Å². The highest BCUT2D eigenvalue weighted by Gasteiger charge is 2.35. The minimum absolute atomic E-state index is 0.0256. The molecule has 18 heavy (non-hydrogen) atoms. The Labute approximate surface area is 106 Å². The van der Waals surface area contributed by atoms with Gasteiger partial charge in [-0.1, -0.05) is 12.8 Å². The first-order valence-electron chi connectivity index (χ1n) is 6.49. The van der Waals surface area contributed by atoms with Crippen molar-refractivity contribution in [1.29, 1.82) is 0 Å². The van der Waals surface area contributed by atoms with Gasteiger partial charge in [0.2, 0.25) is 11.8 Å². The van der Waals surface area contributed by atoms with Crippen LogP contribution in [0.25, 0.3) is 0 Å². The topological polar surface area (TPSA) is 69.7 Å². The molecule has 2 heterocycles. The summed E-state index contributed by atoms with van der Waals surface area (Å²) in [6.07, 6.45) is 4.26. The minimum Gasteiger partial charge on any atom is -0.325 e. The molecule has 6 heteroatoms. The number of likely N-dealkylation sites (tertiary alicyclic amines) is 1. The van der Waals surface area contributed by atoms with Gasteiger partial charge in [-0.2, -0.15) is 0 Å². The SMILES string of the molecule is CC1C(=O)NC(=O)CN1C(=O)N1CCCCCC1. The molecule has 1 atom stereocenters. The largest absolute Gasteiger partial charge is 0.325 e. The zero-order chi connectivity index (χ0) is 13.1. The van der Waals surface area contributed by atoms with E-state index in [1.54, 1.807) is 11.8 Å². The summed E-state index contributed by atoms with van der Waals surface area (Å²) in [4.78, 5) is 38.3. The van der Waals surface area contributed by atoms with E-state index in [2.05, 4.69) is 5.32 Å². The molecular weight excluding hydrogens is 234 g/mol. The van der Waals surface area contributed by atoms with E-state index in [4.69, 9.17) is 0 Å². The molecule has 4 amide bonds. The fourth-order valence-electron chi connectivity index (χ4n) is 2.39. The number of amides is 4. The lowest BCUT2D eigenvalue weighted by molar-refractivity contribution is -0.138. The highest BCUT2D eigenvalue weighted by Crippen LogP contribution is 2.14. The molecule has 2 rings (SSSR count). The van der Waals surface area contributed by atoms with E-state index in [0.717, 1.165) is 38.8 Å². The van der Waals surface area contributed by atoms with Gasteiger partial charge in [-0.05, 0) is 19.8 Å². The summed E-state index contributed by atoms with van der Waals surface area (Å²) in [6, 6.07) is -0.758. The summed E-state index contributed by atoms with van der Waals surface area (Å²) >= 11 is 0. The van der Waals surface area contributed by atoms with Crippen molar-refractivity contribution in [2.45, 2.75) is 38.6 Å². The number of piperazine rings is 1. The lowest BCUT2D eigenvalue weighted by Gasteiger charge is -2.35. The molecule has 0 aromatic rings. The van der Waals surface area contributed by atoms with Crippen molar-refractivity contribution in [3.63, 3.8) is 0 Å². The number of hydrogen-bond acceptors (Lipinski definition) is 3. The molecule has 0 radical (unpaired) electrons. The number of urea groups is 1. The molecule has 2 fully saturated rings. The highest BCUT2D eigenvalue weighted by atomic mass is 16.2. The van der Waals surface area contributed by atoms with E-state index < -0.39 is 17.9 Å². The van der Waals surface area contributed by atoms with Crippen LogP contribution in [0.15, 0.2) is 0 Å². The summed E-state index contributed by atoms with van der Waals surface area (Å²) < 4.78 is 0. The quantitative estimate of drug-likeness (QED) is 0.632. The summed E-state index contributed by atoms with van der Waals surface area (Å²) in [5.41, 5.74) is 0. The standard InChI is InChI=1S/C12H19N3O3/c1-9-11(17)13-10(16)8-15(9)12(18)14-6-4-2-3-5-7-14/h9H,2-8H2,1H3,(H,13,16,17). The van der Waals surface area contributed by atoms with E-state index >= 15 is 0 Å². The smallest absolute Gasteiger partial charge is 0.321 e. The van der Waals surface area contributed by atoms with Gasteiger partial charge in [0.05, 0.1) is 0 Å². The Balaban J connectivity index is 2.06. The Morgan fingerprint density at radius 1 is 1.17 bits per heavy atom. The second kappa shape index (κ2) is 5.37. The molecule has 100 valence electrons. The molecule has 6 nitrogen and oxygen atoms in total. The number of rotatable bonds is 0. The molecule has 0 bridgehead atoms. The number of carbonyl (C=O) groups is 3. The van der Waals surface area contributed by atoms with Crippen molar-refractivity contribution < 1.29 is 14.4 Å². The number of nitrogens with one attached hydrogen (secondary N) is 1. The predicted octanol–water partition coefficient (Wildman–Crippen LogP) is 0.329. The van der Waals surface area contributed by atoms with E-state index in [1.807, 2.05) is 0 Å². The maximum Gasteiger partial charge on any atom is 0.321 e. The Morgan fingerprint density at radius 2 is 1.78 bits per heavy atom. The van der Waals surface area contributed by atoms with Gasteiger partial charge < -0.3 is 9.80 Å².